The second-order valence-corrected chi connectivity index (χ2v) is 6.76. The number of halogens is 1. The monoisotopic (exact) mass is 274 g/mol. The first-order valence-electron chi connectivity index (χ1n) is 6.92. The number of nitrogens with one attached hydrogen (secondary N) is 1. The predicted molar refractivity (Wildman–Crippen MR) is 77.0 cm³/mol. The summed E-state index contributed by atoms with van der Waals surface area (Å²) in [6.45, 7) is 11.8. The second-order valence-electron chi connectivity index (χ2n) is 6.76. The summed E-state index contributed by atoms with van der Waals surface area (Å²) in [5.41, 5.74) is 0.212. The average molecular weight is 275 g/mol. The van der Waals surface area contributed by atoms with Gasteiger partial charge in [0, 0.05) is 18.5 Å². The zero-order chi connectivity index (χ0) is 12.6. The molecule has 2 rings (SSSR count). The summed E-state index contributed by atoms with van der Waals surface area (Å²) in [4.78, 5) is 14.7. The van der Waals surface area contributed by atoms with Crippen LogP contribution in [0.15, 0.2) is 0 Å². The van der Waals surface area contributed by atoms with Gasteiger partial charge in [-0.3, -0.25) is 4.79 Å². The molecule has 1 amide bonds. The van der Waals surface area contributed by atoms with Crippen molar-refractivity contribution >= 4 is 18.3 Å². The first kappa shape index (κ1) is 15.8. The lowest BCUT2D eigenvalue weighted by atomic mass is 9.83. The van der Waals surface area contributed by atoms with Crippen molar-refractivity contribution in [1.29, 1.82) is 0 Å². The Morgan fingerprint density at radius 3 is 2.39 bits per heavy atom. The van der Waals surface area contributed by atoms with Crippen molar-refractivity contribution in [3.63, 3.8) is 0 Å². The predicted octanol–water partition coefficient (Wildman–Crippen LogP) is 2.30. The molecule has 2 unspecified atom stereocenters. The molecule has 0 saturated carbocycles. The van der Waals surface area contributed by atoms with Gasteiger partial charge >= 0.3 is 0 Å². The van der Waals surface area contributed by atoms with E-state index in [-0.39, 0.29) is 23.7 Å². The van der Waals surface area contributed by atoms with Crippen LogP contribution in [0.4, 0.5) is 0 Å². The number of carbonyl (C=O) groups is 1. The summed E-state index contributed by atoms with van der Waals surface area (Å²) in [6.07, 6.45) is 2.34. The Morgan fingerprint density at radius 2 is 1.94 bits per heavy atom. The van der Waals surface area contributed by atoms with Crippen LogP contribution < -0.4 is 5.32 Å². The average Bonchev–Trinajstić information content (AvgIpc) is 2.60. The number of rotatable bonds is 2. The molecule has 2 heterocycles. The molecule has 0 radical (unpaired) electrons. The minimum atomic E-state index is 0. The molecule has 0 spiro atoms. The van der Waals surface area contributed by atoms with Gasteiger partial charge in [-0.1, -0.05) is 27.7 Å². The van der Waals surface area contributed by atoms with Crippen molar-refractivity contribution in [2.75, 3.05) is 19.6 Å². The maximum Gasteiger partial charge on any atom is 0.226 e. The van der Waals surface area contributed by atoms with Crippen molar-refractivity contribution in [3.05, 3.63) is 0 Å². The summed E-state index contributed by atoms with van der Waals surface area (Å²) in [7, 11) is 0. The van der Waals surface area contributed by atoms with Crippen LogP contribution in [-0.4, -0.2) is 36.5 Å². The molecule has 1 N–H and O–H groups in total. The molecule has 0 aliphatic carbocycles. The van der Waals surface area contributed by atoms with Crippen LogP contribution in [-0.2, 0) is 4.79 Å². The molecule has 2 aliphatic rings. The molecule has 4 heteroatoms. The van der Waals surface area contributed by atoms with Crippen molar-refractivity contribution < 1.29 is 4.79 Å². The van der Waals surface area contributed by atoms with E-state index < -0.39 is 0 Å². The molecule has 0 aromatic carbocycles. The number of nitrogens with zero attached hydrogens (tertiary/aromatic N) is 1. The van der Waals surface area contributed by atoms with E-state index in [0.717, 1.165) is 19.6 Å². The summed E-state index contributed by atoms with van der Waals surface area (Å²) in [5.74, 6) is 1.14. The zero-order valence-electron chi connectivity index (χ0n) is 12.0. The topological polar surface area (TPSA) is 32.3 Å². The fraction of sp³-hybridized carbons (Fsp3) is 0.929. The number of hydrogen-bond donors (Lipinski definition) is 1. The first-order valence-corrected chi connectivity index (χ1v) is 6.92. The Hall–Kier alpha value is -0.280. The highest BCUT2D eigenvalue weighted by molar-refractivity contribution is 5.85. The van der Waals surface area contributed by atoms with Crippen LogP contribution in [0.2, 0.25) is 0 Å². The van der Waals surface area contributed by atoms with Gasteiger partial charge in [0.1, 0.15) is 0 Å². The largest absolute Gasteiger partial charge is 0.339 e. The van der Waals surface area contributed by atoms with Gasteiger partial charge < -0.3 is 10.2 Å². The highest BCUT2D eigenvalue weighted by Crippen LogP contribution is 2.34. The SMILES string of the molecule is CC(C(=O)N1CCCC1C(C)(C)C)C1CNC1.Cl. The van der Waals surface area contributed by atoms with Crippen LogP contribution in [0.1, 0.15) is 40.5 Å². The number of carbonyl (C=O) groups excluding carboxylic acids is 1. The lowest BCUT2D eigenvalue weighted by Crippen LogP contribution is -2.52. The molecule has 0 aromatic rings. The summed E-state index contributed by atoms with van der Waals surface area (Å²) < 4.78 is 0. The van der Waals surface area contributed by atoms with Gasteiger partial charge in [-0.05, 0) is 37.3 Å². The van der Waals surface area contributed by atoms with E-state index in [2.05, 4.69) is 37.9 Å². The second kappa shape index (κ2) is 5.79. The number of hydrogen-bond acceptors (Lipinski definition) is 2. The summed E-state index contributed by atoms with van der Waals surface area (Å²) in [6, 6.07) is 0.436. The molecule has 0 bridgehead atoms. The summed E-state index contributed by atoms with van der Waals surface area (Å²) in [5, 5.41) is 3.26. The third-order valence-corrected chi connectivity index (χ3v) is 4.45. The van der Waals surface area contributed by atoms with Crippen LogP contribution in [0.5, 0.6) is 0 Å². The Kier molecular flexibility index (Phi) is 5.07. The smallest absolute Gasteiger partial charge is 0.226 e. The van der Waals surface area contributed by atoms with Gasteiger partial charge in [-0.2, -0.15) is 0 Å². The minimum Gasteiger partial charge on any atom is -0.339 e. The number of likely N-dealkylation sites (tertiary alicyclic amines) is 1. The van der Waals surface area contributed by atoms with Crippen LogP contribution in [0, 0.1) is 17.3 Å². The normalized spacial score (nSPS) is 26.4. The Bertz CT molecular complexity index is 297. The van der Waals surface area contributed by atoms with Crippen molar-refractivity contribution in [1.82, 2.24) is 10.2 Å². The van der Waals surface area contributed by atoms with Crippen molar-refractivity contribution in [3.8, 4) is 0 Å². The Labute approximate surface area is 117 Å². The molecular formula is C14H27ClN2O. The van der Waals surface area contributed by atoms with Crippen LogP contribution in [0.25, 0.3) is 0 Å². The number of amides is 1. The van der Waals surface area contributed by atoms with Gasteiger partial charge in [0.25, 0.3) is 0 Å². The van der Waals surface area contributed by atoms with Gasteiger partial charge in [0.05, 0.1) is 0 Å². The fourth-order valence-electron chi connectivity index (χ4n) is 3.06. The molecule has 18 heavy (non-hydrogen) atoms. The van der Waals surface area contributed by atoms with Gasteiger partial charge in [0.15, 0.2) is 0 Å². The minimum absolute atomic E-state index is 0. The van der Waals surface area contributed by atoms with Crippen molar-refractivity contribution in [2.24, 2.45) is 17.3 Å². The van der Waals surface area contributed by atoms with E-state index in [1.54, 1.807) is 0 Å². The highest BCUT2D eigenvalue weighted by atomic mass is 35.5. The van der Waals surface area contributed by atoms with Gasteiger partial charge in [-0.25, -0.2) is 0 Å². The van der Waals surface area contributed by atoms with E-state index in [0.29, 0.717) is 17.9 Å². The third kappa shape index (κ3) is 3.00. The Morgan fingerprint density at radius 1 is 1.33 bits per heavy atom. The molecule has 2 saturated heterocycles. The lowest BCUT2D eigenvalue weighted by molar-refractivity contribution is -0.140. The van der Waals surface area contributed by atoms with Gasteiger partial charge in [-0.15, -0.1) is 12.4 Å². The third-order valence-electron chi connectivity index (χ3n) is 4.45. The van der Waals surface area contributed by atoms with E-state index >= 15 is 0 Å². The van der Waals surface area contributed by atoms with E-state index in [4.69, 9.17) is 0 Å². The lowest BCUT2D eigenvalue weighted by Gasteiger charge is -2.39. The van der Waals surface area contributed by atoms with Gasteiger partial charge in [0.2, 0.25) is 5.91 Å². The Balaban J connectivity index is 0.00000162. The molecular weight excluding hydrogens is 248 g/mol. The first-order chi connectivity index (χ1) is 7.91. The highest BCUT2D eigenvalue weighted by Gasteiger charge is 2.40. The van der Waals surface area contributed by atoms with Crippen LogP contribution in [0.3, 0.4) is 0 Å². The standard InChI is InChI=1S/C14H26N2O.ClH/c1-10(11-8-15-9-11)13(17)16-7-5-6-12(16)14(2,3)4;/h10-12,15H,5-9H2,1-4H3;1H. The molecule has 2 fully saturated rings. The van der Waals surface area contributed by atoms with E-state index in [1.165, 1.54) is 12.8 Å². The quantitative estimate of drug-likeness (QED) is 0.838. The molecule has 0 aromatic heterocycles. The van der Waals surface area contributed by atoms with Crippen molar-refractivity contribution in [2.45, 2.75) is 46.6 Å². The molecule has 3 nitrogen and oxygen atoms in total. The maximum atomic E-state index is 12.5. The molecule has 106 valence electrons. The van der Waals surface area contributed by atoms with E-state index in [9.17, 15) is 4.79 Å². The maximum absolute atomic E-state index is 12.5. The zero-order valence-corrected chi connectivity index (χ0v) is 12.8. The van der Waals surface area contributed by atoms with E-state index in [1.807, 2.05) is 0 Å². The van der Waals surface area contributed by atoms with Crippen LogP contribution >= 0.6 is 12.4 Å². The fourth-order valence-corrected chi connectivity index (χ4v) is 3.06. The molecule has 2 atom stereocenters. The molecule has 2 aliphatic heterocycles. The summed E-state index contributed by atoms with van der Waals surface area (Å²) >= 11 is 0.